The van der Waals surface area contributed by atoms with Crippen LogP contribution in [0.5, 0.6) is 0 Å². The highest BCUT2D eigenvalue weighted by atomic mass is 16.6. The van der Waals surface area contributed by atoms with Crippen molar-refractivity contribution in [3.05, 3.63) is 57.9 Å². The van der Waals surface area contributed by atoms with Gasteiger partial charge in [0.25, 0.3) is 11.7 Å². The van der Waals surface area contributed by atoms with Crippen LogP contribution >= 0.6 is 0 Å². The monoisotopic (exact) mass is 284 g/mol. The van der Waals surface area contributed by atoms with E-state index in [1.54, 1.807) is 12.1 Å². The summed E-state index contributed by atoms with van der Waals surface area (Å²) < 4.78 is 5.46. The maximum Gasteiger partial charge on any atom is 0.298 e. The van der Waals surface area contributed by atoms with Gasteiger partial charge in [0.2, 0.25) is 0 Å². The summed E-state index contributed by atoms with van der Waals surface area (Å²) in [5.41, 5.74) is 2.30. The molecule has 0 fully saturated rings. The van der Waals surface area contributed by atoms with Crippen LogP contribution < -0.4 is 5.32 Å². The third-order valence-corrected chi connectivity index (χ3v) is 2.96. The third-order valence-electron chi connectivity index (χ3n) is 2.96. The minimum Gasteiger partial charge on any atom is -0.423 e. The third kappa shape index (κ3) is 2.66. The number of aryl methyl sites for hydroxylation is 1. The Hall–Kier alpha value is -2.96. The van der Waals surface area contributed by atoms with Crippen molar-refractivity contribution in [3.63, 3.8) is 0 Å². The lowest BCUT2D eigenvalue weighted by Crippen LogP contribution is -2.02. The summed E-state index contributed by atoms with van der Waals surface area (Å²) >= 11 is 0. The second kappa shape index (κ2) is 5.20. The first-order valence-corrected chi connectivity index (χ1v) is 6.34. The normalized spacial score (nSPS) is 10.7. The molecule has 3 aromatic rings. The molecule has 0 radical (unpaired) electrons. The molecule has 0 bridgehead atoms. The highest BCUT2D eigenvalue weighted by Gasteiger charge is 2.17. The average Bonchev–Trinajstić information content (AvgIpc) is 2.87. The van der Waals surface area contributed by atoms with Crippen molar-refractivity contribution < 1.29 is 9.34 Å². The summed E-state index contributed by atoms with van der Waals surface area (Å²) in [5, 5.41) is 13.9. The van der Waals surface area contributed by atoms with E-state index in [-0.39, 0.29) is 17.2 Å². The van der Waals surface area contributed by atoms with Crippen molar-refractivity contribution >= 4 is 22.8 Å². The Kier molecular flexibility index (Phi) is 3.23. The van der Waals surface area contributed by atoms with E-state index in [1.807, 2.05) is 25.1 Å². The fourth-order valence-corrected chi connectivity index (χ4v) is 2.02. The molecule has 0 saturated heterocycles. The lowest BCUT2D eigenvalue weighted by molar-refractivity contribution is -0.383. The lowest BCUT2D eigenvalue weighted by Gasteiger charge is -2.01. The number of fused-ring (bicyclic) bond motifs is 1. The van der Waals surface area contributed by atoms with Crippen LogP contribution in [0.4, 0.5) is 11.7 Å². The Morgan fingerprint density at radius 3 is 2.81 bits per heavy atom. The van der Waals surface area contributed by atoms with Gasteiger partial charge in [0.1, 0.15) is 0 Å². The van der Waals surface area contributed by atoms with Gasteiger partial charge in [-0.1, -0.05) is 12.1 Å². The van der Waals surface area contributed by atoms with Gasteiger partial charge in [-0.3, -0.25) is 15.1 Å². The second-order valence-corrected chi connectivity index (χ2v) is 4.52. The van der Waals surface area contributed by atoms with Crippen molar-refractivity contribution in [1.29, 1.82) is 0 Å². The van der Waals surface area contributed by atoms with Crippen LogP contribution in [-0.2, 0) is 6.54 Å². The van der Waals surface area contributed by atoms with Crippen LogP contribution in [0.15, 0.2) is 40.8 Å². The van der Waals surface area contributed by atoms with Crippen molar-refractivity contribution in [1.82, 2.24) is 9.97 Å². The smallest absolute Gasteiger partial charge is 0.298 e. The molecule has 1 aromatic carbocycles. The van der Waals surface area contributed by atoms with Crippen LogP contribution in [0.1, 0.15) is 11.4 Å². The fraction of sp³-hybridized carbons (Fsp3) is 0.143. The topological polar surface area (TPSA) is 94.1 Å². The Balaban J connectivity index is 1.85. The summed E-state index contributed by atoms with van der Waals surface area (Å²) in [5.74, 6) is 0. The van der Waals surface area contributed by atoms with Gasteiger partial charge in [0.05, 0.1) is 17.2 Å². The number of nitrogens with one attached hydrogen (secondary N) is 1. The van der Waals surface area contributed by atoms with E-state index in [0.29, 0.717) is 12.1 Å². The van der Waals surface area contributed by atoms with Crippen LogP contribution in [0, 0.1) is 17.0 Å². The molecule has 0 amide bonds. The van der Waals surface area contributed by atoms with E-state index >= 15 is 0 Å². The predicted molar refractivity (Wildman–Crippen MR) is 77.0 cm³/mol. The number of hydrogen-bond acceptors (Lipinski definition) is 6. The van der Waals surface area contributed by atoms with E-state index in [1.165, 1.54) is 6.07 Å². The van der Waals surface area contributed by atoms with E-state index in [9.17, 15) is 10.1 Å². The van der Waals surface area contributed by atoms with E-state index in [4.69, 9.17) is 4.42 Å². The maximum atomic E-state index is 10.9. The largest absolute Gasteiger partial charge is 0.423 e. The summed E-state index contributed by atoms with van der Waals surface area (Å²) in [7, 11) is 0. The molecule has 0 aliphatic rings. The van der Waals surface area contributed by atoms with Gasteiger partial charge in [-0.15, -0.1) is 0 Å². The number of nitro benzene ring substituents is 1. The first kappa shape index (κ1) is 13.0. The second-order valence-electron chi connectivity index (χ2n) is 4.52. The molecule has 21 heavy (non-hydrogen) atoms. The molecule has 7 nitrogen and oxygen atoms in total. The molecule has 7 heteroatoms. The SMILES string of the molecule is Cc1cccc(CNc2nc3c([N+](=O)[O-])cccc3o2)n1. The Bertz CT molecular complexity index is 813. The number of nitrogens with zero attached hydrogens (tertiary/aromatic N) is 3. The minimum absolute atomic E-state index is 0.0713. The Morgan fingerprint density at radius 1 is 1.24 bits per heavy atom. The number of para-hydroxylation sites is 1. The number of hydrogen-bond donors (Lipinski definition) is 1. The van der Waals surface area contributed by atoms with Gasteiger partial charge in [0.15, 0.2) is 11.1 Å². The number of oxazole rings is 1. The van der Waals surface area contributed by atoms with Gasteiger partial charge in [0, 0.05) is 11.8 Å². The number of pyridine rings is 1. The summed E-state index contributed by atoms with van der Waals surface area (Å²) in [4.78, 5) is 18.9. The molecule has 0 unspecified atom stereocenters. The quantitative estimate of drug-likeness (QED) is 0.584. The fourth-order valence-electron chi connectivity index (χ4n) is 2.02. The standard InChI is InChI=1S/C14H12N4O3/c1-9-4-2-5-10(16-9)8-15-14-17-13-11(18(19)20)6-3-7-12(13)21-14/h2-7H,8H2,1H3,(H,15,17). The van der Waals surface area contributed by atoms with Crippen molar-refractivity contribution in [3.8, 4) is 0 Å². The molecular formula is C14H12N4O3. The van der Waals surface area contributed by atoms with E-state index in [0.717, 1.165) is 11.4 Å². The maximum absolute atomic E-state index is 10.9. The molecule has 0 saturated carbocycles. The summed E-state index contributed by atoms with van der Waals surface area (Å²) in [6.45, 7) is 2.34. The zero-order valence-corrected chi connectivity index (χ0v) is 11.2. The van der Waals surface area contributed by atoms with Crippen LogP contribution in [0.25, 0.3) is 11.1 Å². The zero-order chi connectivity index (χ0) is 14.8. The number of rotatable bonds is 4. The van der Waals surface area contributed by atoms with Crippen molar-refractivity contribution in [2.45, 2.75) is 13.5 Å². The number of anilines is 1. The predicted octanol–water partition coefficient (Wildman–Crippen LogP) is 3.05. The Morgan fingerprint density at radius 2 is 2.05 bits per heavy atom. The molecule has 0 spiro atoms. The number of non-ortho nitro benzene ring substituents is 1. The van der Waals surface area contributed by atoms with Gasteiger partial charge >= 0.3 is 0 Å². The van der Waals surface area contributed by atoms with E-state index < -0.39 is 4.92 Å². The molecule has 0 aliphatic heterocycles. The summed E-state index contributed by atoms with van der Waals surface area (Å²) in [6, 6.07) is 10.6. The first-order valence-electron chi connectivity index (χ1n) is 6.34. The van der Waals surface area contributed by atoms with Gasteiger partial charge in [-0.05, 0) is 25.1 Å². The van der Waals surface area contributed by atoms with Crippen LogP contribution in [-0.4, -0.2) is 14.9 Å². The number of aromatic nitrogens is 2. The minimum atomic E-state index is -0.475. The highest BCUT2D eigenvalue weighted by molar-refractivity contribution is 5.83. The molecule has 106 valence electrons. The van der Waals surface area contributed by atoms with Gasteiger partial charge in [-0.2, -0.15) is 4.98 Å². The molecule has 2 aromatic heterocycles. The zero-order valence-electron chi connectivity index (χ0n) is 11.2. The lowest BCUT2D eigenvalue weighted by atomic mass is 10.3. The van der Waals surface area contributed by atoms with Crippen LogP contribution in [0.3, 0.4) is 0 Å². The number of benzene rings is 1. The highest BCUT2D eigenvalue weighted by Crippen LogP contribution is 2.27. The van der Waals surface area contributed by atoms with Crippen molar-refractivity contribution in [2.75, 3.05) is 5.32 Å². The number of nitro groups is 1. The van der Waals surface area contributed by atoms with Crippen molar-refractivity contribution in [2.24, 2.45) is 0 Å². The molecule has 3 rings (SSSR count). The molecule has 2 heterocycles. The summed E-state index contributed by atoms with van der Waals surface area (Å²) in [6.07, 6.45) is 0. The van der Waals surface area contributed by atoms with E-state index in [2.05, 4.69) is 15.3 Å². The van der Waals surface area contributed by atoms with Crippen LogP contribution in [0.2, 0.25) is 0 Å². The molecule has 0 aliphatic carbocycles. The molecule has 0 atom stereocenters. The molecular weight excluding hydrogens is 272 g/mol. The van der Waals surface area contributed by atoms with Gasteiger partial charge < -0.3 is 9.73 Å². The average molecular weight is 284 g/mol. The Labute approximate surface area is 119 Å². The molecule has 1 N–H and O–H groups in total. The van der Waals surface area contributed by atoms with Gasteiger partial charge in [-0.25, -0.2) is 0 Å². The first-order chi connectivity index (χ1) is 10.1.